The minimum absolute atomic E-state index is 0.00448. The number of ether oxygens (including phenoxy) is 3. The fourth-order valence-corrected chi connectivity index (χ4v) is 4.54. The smallest absolute Gasteiger partial charge is 0.317 e. The lowest BCUT2D eigenvalue weighted by atomic mass is 9.95. The molecule has 0 aliphatic carbocycles. The lowest BCUT2D eigenvalue weighted by Crippen LogP contribution is -2.59. The molecule has 10 nitrogen and oxygen atoms in total. The van der Waals surface area contributed by atoms with Gasteiger partial charge in [-0.05, 0) is 32.2 Å². The zero-order valence-electron chi connectivity index (χ0n) is 19.3. The van der Waals surface area contributed by atoms with Gasteiger partial charge in [-0.3, -0.25) is 9.69 Å². The van der Waals surface area contributed by atoms with E-state index in [-0.39, 0.29) is 43.3 Å². The molecule has 0 bridgehead atoms. The lowest BCUT2D eigenvalue weighted by Gasteiger charge is -2.44. The third-order valence-electron chi connectivity index (χ3n) is 6.26. The predicted molar refractivity (Wildman–Crippen MR) is 118 cm³/mol. The molecule has 10 heteroatoms. The van der Waals surface area contributed by atoms with Crippen molar-refractivity contribution in [2.24, 2.45) is 0 Å². The van der Waals surface area contributed by atoms with E-state index in [0.717, 1.165) is 52.1 Å². The number of nitrogens with one attached hydrogen (secondary N) is 2. The van der Waals surface area contributed by atoms with Gasteiger partial charge in [0.05, 0.1) is 57.6 Å². The molecule has 3 N–H and O–H groups in total. The minimum Gasteiger partial charge on any atom is -0.389 e. The van der Waals surface area contributed by atoms with Crippen molar-refractivity contribution in [2.75, 3.05) is 65.7 Å². The van der Waals surface area contributed by atoms with Gasteiger partial charge in [-0.2, -0.15) is 0 Å². The molecular formula is C22H40N4O6. The van der Waals surface area contributed by atoms with Crippen LogP contribution >= 0.6 is 0 Å². The molecule has 3 aliphatic rings. The molecule has 0 aromatic heterocycles. The number of morpholine rings is 1. The minimum atomic E-state index is -0.718. The normalized spacial score (nSPS) is 29.5. The van der Waals surface area contributed by atoms with E-state index in [0.29, 0.717) is 32.5 Å². The van der Waals surface area contributed by atoms with E-state index < -0.39 is 6.10 Å². The highest BCUT2D eigenvalue weighted by Gasteiger charge is 2.39. The highest BCUT2D eigenvalue weighted by atomic mass is 16.5. The van der Waals surface area contributed by atoms with Crippen LogP contribution in [0.15, 0.2) is 0 Å². The molecule has 0 unspecified atom stereocenters. The summed E-state index contributed by atoms with van der Waals surface area (Å²) >= 11 is 0. The summed E-state index contributed by atoms with van der Waals surface area (Å²) in [6, 6.07) is -0.350. The van der Waals surface area contributed by atoms with Crippen molar-refractivity contribution in [3.05, 3.63) is 0 Å². The fourth-order valence-electron chi connectivity index (χ4n) is 4.54. The Morgan fingerprint density at radius 1 is 1.06 bits per heavy atom. The van der Waals surface area contributed by atoms with Crippen molar-refractivity contribution >= 4 is 11.9 Å². The summed E-state index contributed by atoms with van der Waals surface area (Å²) < 4.78 is 17.2. The molecule has 0 aromatic carbocycles. The SMILES string of the molecule is CCCNC(=O)N1C[C@H](O)COC[C@@H]2O[C@@H](CC(=O)NCCCN3CCOCC3)CC[C@H]21. The Labute approximate surface area is 190 Å². The average Bonchev–Trinajstić information content (AvgIpc) is 2.78. The van der Waals surface area contributed by atoms with Crippen LogP contribution in [0.1, 0.15) is 39.0 Å². The zero-order valence-corrected chi connectivity index (χ0v) is 19.3. The van der Waals surface area contributed by atoms with E-state index in [1.54, 1.807) is 4.90 Å². The molecule has 3 aliphatic heterocycles. The average molecular weight is 457 g/mol. The summed E-state index contributed by atoms with van der Waals surface area (Å²) in [4.78, 5) is 29.1. The van der Waals surface area contributed by atoms with Crippen LogP contribution < -0.4 is 10.6 Å². The van der Waals surface area contributed by atoms with Crippen molar-refractivity contribution in [1.29, 1.82) is 0 Å². The Bertz CT molecular complexity index is 589. The van der Waals surface area contributed by atoms with Gasteiger partial charge in [0, 0.05) is 26.2 Å². The number of rotatable bonds is 8. The van der Waals surface area contributed by atoms with Gasteiger partial charge in [0.2, 0.25) is 5.91 Å². The molecule has 0 saturated carbocycles. The number of fused-ring (bicyclic) bond motifs is 1. The first-order chi connectivity index (χ1) is 15.6. The number of aliphatic hydroxyl groups is 1. The second-order valence-electron chi connectivity index (χ2n) is 8.88. The summed E-state index contributed by atoms with van der Waals surface area (Å²) in [6.07, 6.45) is 2.27. The maximum atomic E-state index is 12.7. The molecule has 3 heterocycles. The maximum Gasteiger partial charge on any atom is 0.317 e. The number of β-amino-alcohol motifs (C(OH)–C–C–N with tert-alkyl or cyclic N) is 1. The summed E-state index contributed by atoms with van der Waals surface area (Å²) in [6.45, 7) is 8.38. The molecule has 0 radical (unpaired) electrons. The van der Waals surface area contributed by atoms with Crippen molar-refractivity contribution in [1.82, 2.24) is 20.4 Å². The van der Waals surface area contributed by atoms with E-state index in [1.807, 2.05) is 6.92 Å². The third kappa shape index (κ3) is 7.84. The number of urea groups is 1. The summed E-state index contributed by atoms with van der Waals surface area (Å²) in [5, 5.41) is 16.1. The molecule has 32 heavy (non-hydrogen) atoms. The van der Waals surface area contributed by atoms with Crippen LogP contribution in [-0.2, 0) is 19.0 Å². The van der Waals surface area contributed by atoms with Gasteiger partial charge >= 0.3 is 6.03 Å². The van der Waals surface area contributed by atoms with Crippen LogP contribution in [-0.4, -0.2) is 117 Å². The van der Waals surface area contributed by atoms with E-state index >= 15 is 0 Å². The topological polar surface area (TPSA) is 113 Å². The number of carbonyl (C=O) groups excluding carboxylic acids is 2. The largest absolute Gasteiger partial charge is 0.389 e. The van der Waals surface area contributed by atoms with Gasteiger partial charge in [0.1, 0.15) is 6.10 Å². The second-order valence-corrected chi connectivity index (χ2v) is 8.88. The zero-order chi connectivity index (χ0) is 22.8. The highest BCUT2D eigenvalue weighted by molar-refractivity contribution is 5.76. The second kappa shape index (κ2) is 13.3. The highest BCUT2D eigenvalue weighted by Crippen LogP contribution is 2.27. The van der Waals surface area contributed by atoms with Crippen LogP contribution in [0.5, 0.6) is 0 Å². The number of hydrogen-bond acceptors (Lipinski definition) is 7. The van der Waals surface area contributed by atoms with Gasteiger partial charge < -0.3 is 34.9 Å². The van der Waals surface area contributed by atoms with Crippen molar-refractivity contribution < 1.29 is 28.9 Å². The summed E-state index contributed by atoms with van der Waals surface area (Å²) in [7, 11) is 0. The van der Waals surface area contributed by atoms with Crippen LogP contribution in [0.25, 0.3) is 0 Å². The van der Waals surface area contributed by atoms with Crippen LogP contribution in [0.4, 0.5) is 4.79 Å². The van der Waals surface area contributed by atoms with Crippen molar-refractivity contribution in [3.63, 3.8) is 0 Å². The predicted octanol–water partition coefficient (Wildman–Crippen LogP) is -0.0561. The molecule has 3 amide bonds. The number of aliphatic hydroxyl groups excluding tert-OH is 1. The van der Waals surface area contributed by atoms with E-state index in [4.69, 9.17) is 14.2 Å². The van der Waals surface area contributed by atoms with E-state index in [9.17, 15) is 14.7 Å². The van der Waals surface area contributed by atoms with Gasteiger partial charge in [-0.15, -0.1) is 0 Å². The first-order valence-electron chi connectivity index (χ1n) is 12.1. The Balaban J connectivity index is 1.43. The molecular weight excluding hydrogens is 416 g/mol. The van der Waals surface area contributed by atoms with Crippen molar-refractivity contribution in [3.8, 4) is 0 Å². The fraction of sp³-hybridized carbons (Fsp3) is 0.909. The first-order valence-corrected chi connectivity index (χ1v) is 12.1. The molecule has 184 valence electrons. The molecule has 0 spiro atoms. The van der Waals surface area contributed by atoms with E-state index in [1.165, 1.54) is 0 Å². The van der Waals surface area contributed by atoms with Gasteiger partial charge in [-0.1, -0.05) is 6.92 Å². The Morgan fingerprint density at radius 3 is 2.66 bits per heavy atom. The van der Waals surface area contributed by atoms with E-state index in [2.05, 4.69) is 15.5 Å². The van der Waals surface area contributed by atoms with Gasteiger partial charge in [0.15, 0.2) is 0 Å². The van der Waals surface area contributed by atoms with Crippen LogP contribution in [0, 0.1) is 0 Å². The molecule has 4 atom stereocenters. The van der Waals surface area contributed by atoms with Crippen LogP contribution in [0.2, 0.25) is 0 Å². The maximum absolute atomic E-state index is 12.7. The Hall–Kier alpha value is -1.46. The first kappa shape index (κ1) is 25.2. The molecule has 3 rings (SSSR count). The lowest BCUT2D eigenvalue weighted by molar-refractivity contribution is -0.150. The van der Waals surface area contributed by atoms with Crippen molar-refractivity contribution in [2.45, 2.75) is 63.4 Å². The number of nitrogens with zero attached hydrogens (tertiary/aromatic N) is 2. The molecule has 0 aromatic rings. The molecule has 3 fully saturated rings. The summed E-state index contributed by atoms with van der Waals surface area (Å²) in [5.74, 6) is -0.00448. The number of carbonyl (C=O) groups is 2. The quantitative estimate of drug-likeness (QED) is 0.439. The van der Waals surface area contributed by atoms with Gasteiger partial charge in [-0.25, -0.2) is 4.79 Å². The third-order valence-corrected chi connectivity index (χ3v) is 6.26. The monoisotopic (exact) mass is 456 g/mol. The Kier molecular flexibility index (Phi) is 10.5. The number of amides is 3. The van der Waals surface area contributed by atoms with Gasteiger partial charge in [0.25, 0.3) is 0 Å². The summed E-state index contributed by atoms with van der Waals surface area (Å²) in [5.41, 5.74) is 0. The Morgan fingerprint density at radius 2 is 1.88 bits per heavy atom. The number of hydrogen-bond donors (Lipinski definition) is 3. The standard InChI is InChI=1S/C22H40N4O6/c1-2-6-24-22(29)26-14-17(27)15-31-16-20-19(26)5-4-18(32-20)13-21(28)23-7-3-8-25-9-11-30-12-10-25/h17-20,27H,2-16H2,1H3,(H,23,28)(H,24,29)/t17-,18+,19+,20-/m0/s1. The molecule has 3 saturated heterocycles. The van der Waals surface area contributed by atoms with Crippen LogP contribution in [0.3, 0.4) is 0 Å².